The Kier molecular flexibility index (Phi) is 5.27. The molecule has 0 aliphatic carbocycles. The molecular formula is C18H26N10. The quantitative estimate of drug-likeness (QED) is 0.358. The monoisotopic (exact) mass is 382 g/mol. The summed E-state index contributed by atoms with van der Waals surface area (Å²) in [5.41, 5.74) is 3.56. The van der Waals surface area contributed by atoms with E-state index in [1.165, 1.54) is 12.8 Å². The number of aryl methyl sites for hydroxylation is 1. The van der Waals surface area contributed by atoms with Gasteiger partial charge < -0.3 is 16.1 Å². The van der Waals surface area contributed by atoms with Gasteiger partial charge in [0.15, 0.2) is 5.82 Å². The van der Waals surface area contributed by atoms with E-state index in [2.05, 4.69) is 47.2 Å². The summed E-state index contributed by atoms with van der Waals surface area (Å²) < 4.78 is 0. The maximum absolute atomic E-state index is 8.89. The topological polar surface area (TPSA) is 144 Å². The smallest absolute Gasteiger partial charge is 0.226 e. The second-order valence-electron chi connectivity index (χ2n) is 7.51. The standard InChI is InChI=1S/C18H26N10/c1-11-7-17(27-26-11)22-15-10-16(25-20)24-18(23-15)21-12-8-13-3-4-14(9-12)28(13)6-2-5-19/h7,10,12-14H,2-4,6,8-9,20H2,1H3,(H4,21,22,23,24,25,26,27)/t12-,13-,14+. The van der Waals surface area contributed by atoms with Crippen molar-refractivity contribution in [2.45, 2.75) is 57.2 Å². The summed E-state index contributed by atoms with van der Waals surface area (Å²) in [4.78, 5) is 11.5. The van der Waals surface area contributed by atoms with Crippen LogP contribution >= 0.6 is 0 Å². The van der Waals surface area contributed by atoms with E-state index in [4.69, 9.17) is 11.1 Å². The Morgan fingerprint density at radius 2 is 1.96 bits per heavy atom. The van der Waals surface area contributed by atoms with Crippen LogP contribution in [0.2, 0.25) is 0 Å². The lowest BCUT2D eigenvalue weighted by molar-refractivity contribution is 0.135. The molecule has 3 atom stereocenters. The van der Waals surface area contributed by atoms with Crippen LogP contribution in [-0.2, 0) is 0 Å². The summed E-state index contributed by atoms with van der Waals surface area (Å²) in [6.45, 7) is 2.81. The molecule has 0 aromatic carbocycles. The third-order valence-electron chi connectivity index (χ3n) is 5.54. The van der Waals surface area contributed by atoms with Crippen LogP contribution < -0.4 is 21.9 Å². The van der Waals surface area contributed by atoms with Crippen LogP contribution in [0.3, 0.4) is 0 Å². The van der Waals surface area contributed by atoms with Crippen molar-refractivity contribution < 1.29 is 0 Å². The van der Waals surface area contributed by atoms with Gasteiger partial charge in [0.2, 0.25) is 5.95 Å². The van der Waals surface area contributed by atoms with Gasteiger partial charge in [0, 0.05) is 48.9 Å². The van der Waals surface area contributed by atoms with Gasteiger partial charge in [0.05, 0.1) is 6.07 Å². The molecular weight excluding hydrogens is 356 g/mol. The van der Waals surface area contributed by atoms with Gasteiger partial charge in [-0.15, -0.1) is 0 Å². The summed E-state index contributed by atoms with van der Waals surface area (Å²) in [5, 5.41) is 22.6. The first-order valence-electron chi connectivity index (χ1n) is 9.68. The van der Waals surface area contributed by atoms with Gasteiger partial charge in [-0.1, -0.05) is 0 Å². The lowest BCUT2D eigenvalue weighted by Gasteiger charge is -2.38. The van der Waals surface area contributed by atoms with Gasteiger partial charge in [0.1, 0.15) is 11.6 Å². The zero-order valence-corrected chi connectivity index (χ0v) is 15.9. The van der Waals surface area contributed by atoms with E-state index in [-0.39, 0.29) is 0 Å². The van der Waals surface area contributed by atoms with Crippen molar-refractivity contribution in [3.8, 4) is 6.07 Å². The van der Waals surface area contributed by atoms with E-state index >= 15 is 0 Å². The molecule has 2 aliphatic heterocycles. The summed E-state index contributed by atoms with van der Waals surface area (Å²) >= 11 is 0. The molecule has 0 unspecified atom stereocenters. The second kappa shape index (κ2) is 8.00. The van der Waals surface area contributed by atoms with Crippen molar-refractivity contribution in [2.75, 3.05) is 22.6 Å². The number of nitriles is 1. The van der Waals surface area contributed by atoms with Crippen molar-refractivity contribution >= 4 is 23.4 Å². The number of aromatic nitrogens is 4. The number of hydrogen-bond donors (Lipinski definition) is 5. The van der Waals surface area contributed by atoms with Crippen molar-refractivity contribution in [1.29, 1.82) is 5.26 Å². The molecule has 10 nitrogen and oxygen atoms in total. The van der Waals surface area contributed by atoms with Gasteiger partial charge in [0.25, 0.3) is 0 Å². The van der Waals surface area contributed by atoms with Gasteiger partial charge in [-0.25, -0.2) is 5.84 Å². The molecule has 10 heteroatoms. The van der Waals surface area contributed by atoms with Crippen LogP contribution in [-0.4, -0.2) is 49.7 Å². The summed E-state index contributed by atoms with van der Waals surface area (Å²) in [5.74, 6) is 7.96. The number of anilines is 4. The molecule has 0 amide bonds. The van der Waals surface area contributed by atoms with Crippen LogP contribution in [0.15, 0.2) is 12.1 Å². The largest absolute Gasteiger partial charge is 0.351 e. The Morgan fingerprint density at radius 3 is 2.61 bits per heavy atom. The van der Waals surface area contributed by atoms with Gasteiger partial charge in [-0.05, 0) is 32.6 Å². The van der Waals surface area contributed by atoms with Crippen molar-refractivity contribution in [2.24, 2.45) is 5.84 Å². The molecule has 0 saturated carbocycles. The highest BCUT2D eigenvalue weighted by Gasteiger charge is 2.40. The van der Waals surface area contributed by atoms with E-state index < -0.39 is 0 Å². The Hall–Kier alpha value is -2.90. The zero-order chi connectivity index (χ0) is 19.5. The first-order chi connectivity index (χ1) is 13.6. The fourth-order valence-corrected chi connectivity index (χ4v) is 4.38. The minimum atomic E-state index is 0.310. The fourth-order valence-electron chi connectivity index (χ4n) is 4.38. The van der Waals surface area contributed by atoms with Crippen molar-refractivity contribution in [3.63, 3.8) is 0 Å². The maximum Gasteiger partial charge on any atom is 0.226 e. The number of aromatic amines is 1. The molecule has 2 fully saturated rings. The molecule has 148 valence electrons. The second-order valence-corrected chi connectivity index (χ2v) is 7.51. The Bertz CT molecular complexity index is 842. The van der Waals surface area contributed by atoms with Gasteiger partial charge in [-0.2, -0.15) is 20.3 Å². The van der Waals surface area contributed by atoms with Crippen LogP contribution in [0.1, 0.15) is 37.8 Å². The molecule has 4 rings (SSSR count). The molecule has 0 spiro atoms. The zero-order valence-electron chi connectivity index (χ0n) is 15.9. The average molecular weight is 382 g/mol. The third-order valence-corrected chi connectivity index (χ3v) is 5.54. The van der Waals surface area contributed by atoms with E-state index in [0.717, 1.165) is 25.1 Å². The molecule has 2 bridgehead atoms. The number of nitrogens with two attached hydrogens (primary N) is 1. The highest BCUT2D eigenvalue weighted by Crippen LogP contribution is 2.36. The predicted octanol–water partition coefficient (Wildman–Crippen LogP) is 1.86. The Morgan fingerprint density at radius 1 is 1.21 bits per heavy atom. The minimum absolute atomic E-state index is 0.310. The predicted molar refractivity (Wildman–Crippen MR) is 107 cm³/mol. The molecule has 2 saturated heterocycles. The van der Waals surface area contributed by atoms with E-state index in [0.29, 0.717) is 47.9 Å². The number of nitrogens with one attached hydrogen (secondary N) is 4. The lowest BCUT2D eigenvalue weighted by atomic mass is 9.97. The molecule has 2 aliphatic rings. The van der Waals surface area contributed by atoms with Gasteiger partial charge >= 0.3 is 0 Å². The number of nitrogens with zero attached hydrogens (tertiary/aromatic N) is 5. The molecule has 0 radical (unpaired) electrons. The normalized spacial score (nSPS) is 24.0. The minimum Gasteiger partial charge on any atom is -0.351 e. The van der Waals surface area contributed by atoms with Gasteiger partial charge in [-0.3, -0.25) is 10.00 Å². The average Bonchev–Trinajstić information content (AvgIpc) is 3.19. The molecule has 4 heterocycles. The van der Waals surface area contributed by atoms with Crippen LogP contribution in [0.25, 0.3) is 0 Å². The summed E-state index contributed by atoms with van der Waals surface area (Å²) in [6.07, 6.45) is 5.07. The van der Waals surface area contributed by atoms with Crippen molar-refractivity contribution in [3.05, 3.63) is 17.8 Å². The Balaban J connectivity index is 1.45. The summed E-state index contributed by atoms with van der Waals surface area (Å²) in [6, 6.07) is 7.28. The van der Waals surface area contributed by atoms with E-state index in [1.54, 1.807) is 6.07 Å². The lowest BCUT2D eigenvalue weighted by Crippen LogP contribution is -2.47. The number of hydrazine groups is 1. The number of fused-ring (bicyclic) bond motifs is 2. The number of H-pyrrole nitrogens is 1. The number of piperidine rings is 1. The first kappa shape index (κ1) is 18.5. The van der Waals surface area contributed by atoms with E-state index in [1.807, 2.05) is 13.0 Å². The van der Waals surface area contributed by atoms with Crippen LogP contribution in [0, 0.1) is 18.3 Å². The molecule has 2 aromatic heterocycles. The Labute approximate surface area is 163 Å². The van der Waals surface area contributed by atoms with Crippen molar-refractivity contribution in [1.82, 2.24) is 25.1 Å². The number of nitrogen functional groups attached to an aromatic ring is 1. The fraction of sp³-hybridized carbons (Fsp3) is 0.556. The molecule has 2 aromatic rings. The van der Waals surface area contributed by atoms with E-state index in [9.17, 15) is 0 Å². The molecule has 28 heavy (non-hydrogen) atoms. The highest BCUT2D eigenvalue weighted by molar-refractivity contribution is 5.58. The number of rotatable bonds is 7. The number of hydrogen-bond acceptors (Lipinski definition) is 9. The first-order valence-corrected chi connectivity index (χ1v) is 9.68. The summed E-state index contributed by atoms with van der Waals surface area (Å²) in [7, 11) is 0. The maximum atomic E-state index is 8.89. The third kappa shape index (κ3) is 4.00. The van der Waals surface area contributed by atoms with Crippen LogP contribution in [0.4, 0.5) is 23.4 Å². The van der Waals surface area contributed by atoms with Crippen LogP contribution in [0.5, 0.6) is 0 Å². The SMILES string of the molecule is Cc1cc(Nc2cc(NN)nc(N[C@@H]3C[C@H]4CC[C@@H](C3)N4CCC#N)n2)n[nH]1. The highest BCUT2D eigenvalue weighted by atomic mass is 15.3. The molecule has 6 N–H and O–H groups in total.